The number of hydroxylamine groups is 1. The number of morpholine rings is 1. The molecule has 3 N–H and O–H groups in total. The van der Waals surface area contributed by atoms with Gasteiger partial charge in [-0.05, 0) is 48.5 Å². The molecule has 196 valence electrons. The summed E-state index contributed by atoms with van der Waals surface area (Å²) in [5.74, 6) is 6.65. The highest BCUT2D eigenvalue weighted by Gasteiger charge is 2.27. The molecule has 0 aromatic heterocycles. The Hall–Kier alpha value is -3.58. The smallest absolute Gasteiger partial charge is 0.320 e. The molecule has 2 aromatic carbocycles. The number of hydrogen-bond acceptors (Lipinski definition) is 6. The van der Waals surface area contributed by atoms with Gasteiger partial charge in [0.1, 0.15) is 18.5 Å². The van der Waals surface area contributed by atoms with Crippen LogP contribution in [0.1, 0.15) is 31.9 Å². The summed E-state index contributed by atoms with van der Waals surface area (Å²) in [6.07, 6.45) is 1.43. The van der Waals surface area contributed by atoms with Crippen molar-refractivity contribution in [3.05, 3.63) is 71.2 Å². The van der Waals surface area contributed by atoms with Crippen LogP contribution in [0.3, 0.4) is 0 Å². The minimum atomic E-state index is -0.414. The molecular formula is C28H33FN4O4. The van der Waals surface area contributed by atoms with Crippen LogP contribution in [0, 0.1) is 23.1 Å². The van der Waals surface area contributed by atoms with Crippen LogP contribution in [-0.4, -0.2) is 56.6 Å². The summed E-state index contributed by atoms with van der Waals surface area (Å²) in [5, 5.41) is 5.58. The molecule has 4 rings (SSSR count). The molecule has 8 nitrogen and oxygen atoms in total. The molecule has 1 unspecified atom stereocenters. The highest BCUT2D eigenvalue weighted by molar-refractivity contribution is 5.89. The van der Waals surface area contributed by atoms with E-state index < -0.39 is 12.0 Å². The Kier molecular flexibility index (Phi) is 8.66. The van der Waals surface area contributed by atoms with Crippen LogP contribution in [0.2, 0.25) is 0 Å². The minimum Gasteiger partial charge on any atom is -0.489 e. The number of urea groups is 1. The van der Waals surface area contributed by atoms with E-state index in [0.29, 0.717) is 31.1 Å². The number of allylic oxidation sites excluding steroid dienone is 1. The van der Waals surface area contributed by atoms with E-state index in [1.807, 2.05) is 26.8 Å². The fourth-order valence-electron chi connectivity index (χ4n) is 3.71. The van der Waals surface area contributed by atoms with Crippen LogP contribution >= 0.6 is 0 Å². The third-order valence-corrected chi connectivity index (χ3v) is 5.83. The SMILES string of the molecule is CC(C)(C)C1=CC(NC(=O)Nc2ccc(C#Cc3ccc(F)c(OCCN4CCOCC4)c3)cc2)NO1. The first-order valence-corrected chi connectivity index (χ1v) is 12.3. The summed E-state index contributed by atoms with van der Waals surface area (Å²) in [5.41, 5.74) is 4.67. The van der Waals surface area contributed by atoms with Crippen LogP contribution in [0.4, 0.5) is 14.9 Å². The van der Waals surface area contributed by atoms with E-state index in [0.717, 1.165) is 31.0 Å². The van der Waals surface area contributed by atoms with Gasteiger partial charge in [-0.25, -0.2) is 9.18 Å². The minimum absolute atomic E-state index is 0.150. The summed E-state index contributed by atoms with van der Waals surface area (Å²) >= 11 is 0. The number of carbonyl (C=O) groups is 1. The van der Waals surface area contributed by atoms with Crippen molar-refractivity contribution in [2.24, 2.45) is 5.41 Å². The average Bonchev–Trinajstić information content (AvgIpc) is 3.35. The maximum atomic E-state index is 14.2. The zero-order valence-corrected chi connectivity index (χ0v) is 21.4. The van der Waals surface area contributed by atoms with Crippen LogP contribution in [0.25, 0.3) is 0 Å². The van der Waals surface area contributed by atoms with Crippen molar-refractivity contribution >= 4 is 11.7 Å². The van der Waals surface area contributed by atoms with Crippen molar-refractivity contribution in [3.8, 4) is 17.6 Å². The molecular weight excluding hydrogens is 475 g/mol. The predicted molar refractivity (Wildman–Crippen MR) is 139 cm³/mol. The monoisotopic (exact) mass is 508 g/mol. The highest BCUT2D eigenvalue weighted by atomic mass is 19.1. The molecule has 2 amide bonds. The van der Waals surface area contributed by atoms with Gasteiger partial charge in [-0.1, -0.05) is 32.6 Å². The predicted octanol–water partition coefficient (Wildman–Crippen LogP) is 3.85. The number of rotatable bonds is 6. The van der Waals surface area contributed by atoms with E-state index in [2.05, 4.69) is 32.9 Å². The zero-order chi connectivity index (χ0) is 26.3. The maximum absolute atomic E-state index is 14.2. The van der Waals surface area contributed by atoms with Gasteiger partial charge in [0.2, 0.25) is 0 Å². The van der Waals surface area contributed by atoms with Crippen molar-refractivity contribution in [2.45, 2.75) is 26.9 Å². The summed E-state index contributed by atoms with van der Waals surface area (Å²) in [7, 11) is 0. The van der Waals surface area contributed by atoms with Gasteiger partial charge >= 0.3 is 6.03 Å². The number of ether oxygens (including phenoxy) is 2. The molecule has 0 bridgehead atoms. The Balaban J connectivity index is 1.28. The quantitative estimate of drug-likeness (QED) is 0.514. The summed E-state index contributed by atoms with van der Waals surface area (Å²) in [4.78, 5) is 20.0. The second kappa shape index (κ2) is 12.1. The van der Waals surface area contributed by atoms with Gasteiger partial charge in [-0.2, -0.15) is 0 Å². The summed E-state index contributed by atoms with van der Waals surface area (Å²) in [6.45, 7) is 10.4. The molecule has 1 saturated heterocycles. The molecule has 2 aromatic rings. The van der Waals surface area contributed by atoms with E-state index in [9.17, 15) is 9.18 Å². The highest BCUT2D eigenvalue weighted by Crippen LogP contribution is 2.28. The van der Waals surface area contributed by atoms with E-state index in [1.165, 1.54) is 6.07 Å². The van der Waals surface area contributed by atoms with Gasteiger partial charge < -0.3 is 24.9 Å². The van der Waals surface area contributed by atoms with Crippen LogP contribution in [0.15, 0.2) is 54.3 Å². The number of nitrogens with zero attached hydrogens (tertiary/aromatic N) is 1. The Morgan fingerprint density at radius 3 is 2.54 bits per heavy atom. The van der Waals surface area contributed by atoms with Crippen LogP contribution < -0.4 is 20.9 Å². The first-order valence-electron chi connectivity index (χ1n) is 12.3. The van der Waals surface area contributed by atoms with Gasteiger partial charge in [-0.3, -0.25) is 4.90 Å². The Morgan fingerprint density at radius 2 is 1.84 bits per heavy atom. The standard InChI is InChI=1S/C28H33FN4O4/c1-28(2,3)25-19-26(32-37-25)31-27(34)30-22-9-6-20(7-10-22)4-5-21-8-11-23(29)24(18-21)36-17-14-33-12-15-35-16-13-33/h6-11,18-19,26,32H,12-17H2,1-3H3,(H2,30,31,34). The molecule has 0 saturated carbocycles. The molecule has 2 aliphatic heterocycles. The van der Waals surface area contributed by atoms with Gasteiger partial charge in [0.25, 0.3) is 0 Å². The Morgan fingerprint density at radius 1 is 1.14 bits per heavy atom. The van der Waals surface area contributed by atoms with Crippen molar-refractivity contribution < 1.29 is 23.5 Å². The van der Waals surface area contributed by atoms with E-state index in [-0.39, 0.29) is 17.2 Å². The first kappa shape index (κ1) is 26.5. The lowest BCUT2D eigenvalue weighted by Gasteiger charge is -2.26. The Bertz CT molecular complexity index is 1180. The fourth-order valence-corrected chi connectivity index (χ4v) is 3.71. The lowest BCUT2D eigenvalue weighted by Crippen LogP contribution is -2.43. The molecule has 2 aliphatic rings. The van der Waals surface area contributed by atoms with Gasteiger partial charge in [0, 0.05) is 41.9 Å². The van der Waals surface area contributed by atoms with Crippen molar-refractivity contribution in [1.29, 1.82) is 0 Å². The average molecular weight is 509 g/mol. The molecule has 1 atom stereocenters. The normalized spacial score (nSPS) is 17.7. The summed E-state index contributed by atoms with van der Waals surface area (Å²) in [6, 6.07) is 11.4. The fraction of sp³-hybridized carbons (Fsp3) is 0.393. The third kappa shape index (κ3) is 7.95. The summed E-state index contributed by atoms with van der Waals surface area (Å²) < 4.78 is 25.2. The topological polar surface area (TPSA) is 84.1 Å². The van der Waals surface area contributed by atoms with Crippen molar-refractivity contribution in [1.82, 2.24) is 15.7 Å². The third-order valence-electron chi connectivity index (χ3n) is 5.83. The second-order valence-electron chi connectivity index (χ2n) is 9.85. The number of amides is 2. The lowest BCUT2D eigenvalue weighted by atomic mass is 9.94. The Labute approximate surface area is 217 Å². The van der Waals surface area contributed by atoms with Gasteiger partial charge in [-0.15, -0.1) is 5.48 Å². The zero-order valence-electron chi connectivity index (χ0n) is 21.4. The van der Waals surface area contributed by atoms with Crippen LogP contribution in [0.5, 0.6) is 5.75 Å². The van der Waals surface area contributed by atoms with E-state index in [1.54, 1.807) is 36.4 Å². The van der Waals surface area contributed by atoms with Gasteiger partial charge in [0.15, 0.2) is 11.6 Å². The number of anilines is 1. The first-order chi connectivity index (χ1) is 17.8. The molecule has 1 fully saturated rings. The van der Waals surface area contributed by atoms with Crippen molar-refractivity contribution in [2.75, 3.05) is 44.8 Å². The molecule has 37 heavy (non-hydrogen) atoms. The lowest BCUT2D eigenvalue weighted by molar-refractivity contribution is 0.0320. The largest absolute Gasteiger partial charge is 0.489 e. The molecule has 9 heteroatoms. The number of benzene rings is 2. The maximum Gasteiger partial charge on any atom is 0.320 e. The van der Waals surface area contributed by atoms with E-state index >= 15 is 0 Å². The van der Waals surface area contributed by atoms with Crippen molar-refractivity contribution in [3.63, 3.8) is 0 Å². The number of hydrogen-bond donors (Lipinski definition) is 3. The van der Waals surface area contributed by atoms with Crippen LogP contribution in [-0.2, 0) is 9.57 Å². The number of carbonyl (C=O) groups excluding carboxylic acids is 1. The second-order valence-corrected chi connectivity index (χ2v) is 9.85. The van der Waals surface area contributed by atoms with E-state index in [4.69, 9.17) is 14.3 Å². The van der Waals surface area contributed by atoms with Gasteiger partial charge in [0.05, 0.1) is 13.2 Å². The molecule has 0 radical (unpaired) electrons. The number of halogens is 1. The molecule has 2 heterocycles. The molecule has 0 aliphatic carbocycles. The molecule has 0 spiro atoms. The number of nitrogens with one attached hydrogen (secondary N) is 3.